The van der Waals surface area contributed by atoms with E-state index in [-0.39, 0.29) is 18.2 Å². The number of pyridine rings is 1. The van der Waals surface area contributed by atoms with Crippen LogP contribution in [-0.2, 0) is 11.4 Å². The molecule has 0 spiro atoms. The summed E-state index contributed by atoms with van der Waals surface area (Å²) in [4.78, 5) is 13.0. The van der Waals surface area contributed by atoms with E-state index in [0.29, 0.717) is 22.6 Å². The fourth-order valence-corrected chi connectivity index (χ4v) is 2.39. The number of benzene rings is 1. The fourth-order valence-electron chi connectivity index (χ4n) is 2.39. The van der Waals surface area contributed by atoms with Crippen LogP contribution in [0, 0.1) is 5.82 Å². The zero-order valence-electron chi connectivity index (χ0n) is 13.6. The number of amidine groups is 1. The minimum Gasteiger partial charge on any atom is -0.397 e. The van der Waals surface area contributed by atoms with Gasteiger partial charge in [-0.1, -0.05) is 29.4 Å². The Morgan fingerprint density at radius 1 is 1.20 bits per heavy atom. The van der Waals surface area contributed by atoms with Crippen molar-refractivity contribution >= 4 is 12.6 Å². The monoisotopic (exact) mass is 337 g/mol. The van der Waals surface area contributed by atoms with Crippen LogP contribution >= 0.6 is 0 Å². The normalized spacial score (nSPS) is 11.4. The second-order valence-electron chi connectivity index (χ2n) is 5.13. The molecular weight excluding hydrogens is 321 g/mol. The maximum Gasteiger partial charge on any atom is 0.216 e. The summed E-state index contributed by atoms with van der Waals surface area (Å²) in [6.07, 6.45) is 1.68. The highest BCUT2D eigenvalue weighted by atomic mass is 19.1. The maximum absolute atomic E-state index is 14.0. The van der Waals surface area contributed by atoms with Gasteiger partial charge in [-0.3, -0.25) is 9.67 Å². The molecule has 2 heterocycles. The van der Waals surface area contributed by atoms with Crippen LogP contribution in [0.25, 0.3) is 11.4 Å². The molecule has 126 valence electrons. The highest BCUT2D eigenvalue weighted by molar-refractivity contribution is 6.00. The van der Waals surface area contributed by atoms with Crippen molar-refractivity contribution in [2.45, 2.75) is 6.54 Å². The first kappa shape index (κ1) is 16.5. The van der Waals surface area contributed by atoms with Crippen molar-refractivity contribution < 1.29 is 9.23 Å². The summed E-state index contributed by atoms with van der Waals surface area (Å²) in [6.45, 7) is 3.73. The van der Waals surface area contributed by atoms with E-state index in [1.807, 2.05) is 18.2 Å². The van der Waals surface area contributed by atoms with Crippen molar-refractivity contribution in [2.75, 3.05) is 7.11 Å². The van der Waals surface area contributed by atoms with Crippen LogP contribution in [0.1, 0.15) is 11.3 Å². The number of hydrogen-bond donors (Lipinski definition) is 0. The molecule has 0 fully saturated rings. The molecule has 0 N–H and O–H groups in total. The molecule has 0 bridgehead atoms. The highest BCUT2D eigenvalue weighted by Crippen LogP contribution is 2.19. The number of halogens is 1. The Morgan fingerprint density at radius 3 is 2.68 bits per heavy atom. The van der Waals surface area contributed by atoms with Crippen LogP contribution in [0.3, 0.4) is 0 Å². The number of aliphatic imine (C=N–C) groups is 1. The second kappa shape index (κ2) is 7.48. The molecule has 2 aromatic heterocycles. The van der Waals surface area contributed by atoms with Crippen molar-refractivity contribution in [3.63, 3.8) is 0 Å². The molecule has 0 atom stereocenters. The highest BCUT2D eigenvalue weighted by Gasteiger charge is 2.16. The topological polar surface area (TPSA) is 64.7 Å². The fraction of sp³-hybridized carbons (Fsp3) is 0.111. The van der Waals surface area contributed by atoms with Gasteiger partial charge in [-0.25, -0.2) is 9.38 Å². The molecule has 0 saturated carbocycles. The Hall–Kier alpha value is -3.35. The van der Waals surface area contributed by atoms with Gasteiger partial charge in [0.1, 0.15) is 24.3 Å². The molecular formula is C18H16FN5O. The molecule has 0 aliphatic heterocycles. The van der Waals surface area contributed by atoms with E-state index < -0.39 is 0 Å². The Labute approximate surface area is 144 Å². The third-order valence-electron chi connectivity index (χ3n) is 3.54. The van der Waals surface area contributed by atoms with E-state index in [0.717, 1.165) is 0 Å². The molecule has 3 aromatic rings. The van der Waals surface area contributed by atoms with Gasteiger partial charge in [-0.05, 0) is 31.0 Å². The summed E-state index contributed by atoms with van der Waals surface area (Å²) in [5.41, 5.74) is 2.37. The Morgan fingerprint density at radius 2 is 2.00 bits per heavy atom. The molecule has 7 heteroatoms. The summed E-state index contributed by atoms with van der Waals surface area (Å²) in [7, 11) is 1.42. The molecule has 1 aromatic carbocycles. The summed E-state index contributed by atoms with van der Waals surface area (Å²) in [5.74, 6) is -0.0475. The quantitative estimate of drug-likeness (QED) is 0.408. The third-order valence-corrected chi connectivity index (χ3v) is 3.54. The average molecular weight is 337 g/mol. The van der Waals surface area contributed by atoms with Gasteiger partial charge in [0.15, 0.2) is 0 Å². The minimum absolute atomic E-state index is 0.215. The lowest BCUT2D eigenvalue weighted by atomic mass is 10.2. The molecule has 0 aliphatic carbocycles. The van der Waals surface area contributed by atoms with Gasteiger partial charge in [-0.15, -0.1) is 0 Å². The number of oxime groups is 1. The van der Waals surface area contributed by atoms with Gasteiger partial charge in [0.25, 0.3) is 0 Å². The molecule has 3 rings (SSSR count). The van der Waals surface area contributed by atoms with E-state index in [2.05, 4.69) is 26.9 Å². The van der Waals surface area contributed by atoms with E-state index in [1.54, 1.807) is 35.1 Å². The number of rotatable bonds is 5. The van der Waals surface area contributed by atoms with Gasteiger partial charge < -0.3 is 4.84 Å². The standard InChI is InChI=1S/C18H16FN5O/c1-20-18(23-25-2)17-11-16(15-9-5-6-10-21-15)22-24(17)12-13-7-3-4-8-14(13)19/h3-11H,1,12H2,2H3/b23-18-. The van der Waals surface area contributed by atoms with Gasteiger partial charge >= 0.3 is 0 Å². The number of hydrogen-bond acceptors (Lipinski definition) is 4. The number of aromatic nitrogens is 3. The summed E-state index contributed by atoms with van der Waals surface area (Å²) in [6, 6.07) is 13.8. The van der Waals surface area contributed by atoms with Gasteiger partial charge in [0.2, 0.25) is 5.84 Å². The van der Waals surface area contributed by atoms with E-state index >= 15 is 0 Å². The molecule has 0 unspecified atom stereocenters. The maximum atomic E-state index is 14.0. The molecule has 0 saturated heterocycles. The van der Waals surface area contributed by atoms with Crippen LogP contribution in [0.5, 0.6) is 0 Å². The third kappa shape index (κ3) is 3.60. The number of nitrogens with zero attached hydrogens (tertiary/aromatic N) is 5. The van der Waals surface area contributed by atoms with E-state index in [1.165, 1.54) is 13.2 Å². The van der Waals surface area contributed by atoms with Crippen LogP contribution in [-0.4, -0.2) is 34.4 Å². The molecule has 6 nitrogen and oxygen atoms in total. The van der Waals surface area contributed by atoms with Crippen molar-refractivity contribution in [1.82, 2.24) is 14.8 Å². The average Bonchev–Trinajstić information content (AvgIpc) is 3.06. The largest absolute Gasteiger partial charge is 0.397 e. The SMILES string of the molecule is C=N/C(=N\OC)c1cc(-c2ccccn2)nn1Cc1ccccc1F. The van der Waals surface area contributed by atoms with Crippen molar-refractivity contribution in [2.24, 2.45) is 10.1 Å². The predicted octanol–water partition coefficient (Wildman–Crippen LogP) is 3.14. The summed E-state index contributed by atoms with van der Waals surface area (Å²) >= 11 is 0. The first-order valence-corrected chi connectivity index (χ1v) is 7.54. The van der Waals surface area contributed by atoms with Gasteiger partial charge in [0, 0.05) is 11.8 Å². The van der Waals surface area contributed by atoms with Gasteiger partial charge in [0.05, 0.1) is 12.2 Å². The van der Waals surface area contributed by atoms with Crippen LogP contribution < -0.4 is 0 Å². The molecule has 25 heavy (non-hydrogen) atoms. The summed E-state index contributed by atoms with van der Waals surface area (Å²) < 4.78 is 15.6. The lowest BCUT2D eigenvalue weighted by Gasteiger charge is -2.07. The van der Waals surface area contributed by atoms with Gasteiger partial charge in [-0.2, -0.15) is 5.10 Å². The lowest BCUT2D eigenvalue weighted by molar-refractivity contribution is 0.213. The summed E-state index contributed by atoms with van der Waals surface area (Å²) in [5, 5.41) is 8.39. The molecule has 0 amide bonds. The molecule has 0 aliphatic rings. The Balaban J connectivity index is 2.08. The second-order valence-corrected chi connectivity index (χ2v) is 5.13. The Bertz CT molecular complexity index is 905. The Kier molecular flexibility index (Phi) is 4.94. The van der Waals surface area contributed by atoms with Crippen LogP contribution in [0.15, 0.2) is 64.9 Å². The first-order valence-electron chi connectivity index (χ1n) is 7.54. The molecule has 0 radical (unpaired) electrons. The first-order chi connectivity index (χ1) is 12.2. The van der Waals surface area contributed by atoms with E-state index in [4.69, 9.17) is 4.84 Å². The smallest absolute Gasteiger partial charge is 0.216 e. The van der Waals surface area contributed by atoms with E-state index in [9.17, 15) is 4.39 Å². The van der Waals surface area contributed by atoms with Crippen molar-refractivity contribution in [3.8, 4) is 11.4 Å². The zero-order valence-corrected chi connectivity index (χ0v) is 13.6. The predicted molar refractivity (Wildman–Crippen MR) is 94.1 cm³/mol. The van der Waals surface area contributed by atoms with Crippen LogP contribution in [0.4, 0.5) is 4.39 Å². The van der Waals surface area contributed by atoms with Crippen molar-refractivity contribution in [1.29, 1.82) is 0 Å². The minimum atomic E-state index is -0.305. The zero-order chi connectivity index (χ0) is 17.6. The van der Waals surface area contributed by atoms with Crippen LogP contribution in [0.2, 0.25) is 0 Å². The lowest BCUT2D eigenvalue weighted by Crippen LogP contribution is -2.12. The van der Waals surface area contributed by atoms with Crippen molar-refractivity contribution in [3.05, 3.63) is 71.8 Å².